The van der Waals surface area contributed by atoms with Crippen LogP contribution in [0, 0.1) is 0 Å². The Morgan fingerprint density at radius 3 is 2.67 bits per heavy atom. The highest BCUT2D eigenvalue weighted by molar-refractivity contribution is 7.10. The van der Waals surface area contributed by atoms with Crippen molar-refractivity contribution in [1.29, 1.82) is 0 Å². The molecule has 24 heavy (non-hydrogen) atoms. The van der Waals surface area contributed by atoms with Crippen molar-refractivity contribution in [2.75, 3.05) is 19.8 Å². The van der Waals surface area contributed by atoms with Crippen molar-refractivity contribution in [2.24, 2.45) is 0 Å². The molecule has 1 N–H and O–H groups in total. The van der Waals surface area contributed by atoms with Gasteiger partial charge in [-0.2, -0.15) is 0 Å². The lowest BCUT2D eigenvalue weighted by Gasteiger charge is -2.38. The average Bonchev–Trinajstić information content (AvgIpc) is 3.17. The average molecular weight is 345 g/mol. The Morgan fingerprint density at radius 2 is 1.92 bits per heavy atom. The van der Waals surface area contributed by atoms with Crippen LogP contribution in [0.3, 0.4) is 0 Å². The molecule has 0 spiro atoms. The predicted molar refractivity (Wildman–Crippen MR) is 90.5 cm³/mol. The number of carbonyl (C=O) groups is 1. The summed E-state index contributed by atoms with van der Waals surface area (Å²) < 4.78 is 17.0. The molecular formula is C18H19NO4S. The number of thiophene rings is 1. The smallest absolute Gasteiger partial charge is 0.265 e. The number of nitrogens with one attached hydrogen (secondary N) is 1. The van der Waals surface area contributed by atoms with Gasteiger partial charge in [-0.1, -0.05) is 18.2 Å². The van der Waals surface area contributed by atoms with E-state index in [1.807, 2.05) is 35.7 Å². The molecule has 126 valence electrons. The molecule has 0 saturated carbocycles. The molecule has 5 nitrogen and oxygen atoms in total. The Morgan fingerprint density at radius 1 is 1.12 bits per heavy atom. The van der Waals surface area contributed by atoms with E-state index in [4.69, 9.17) is 14.2 Å². The minimum absolute atomic E-state index is 0.139. The van der Waals surface area contributed by atoms with Crippen molar-refractivity contribution in [2.45, 2.75) is 24.5 Å². The van der Waals surface area contributed by atoms with Gasteiger partial charge >= 0.3 is 0 Å². The fraction of sp³-hybridized carbons (Fsp3) is 0.389. The Hall–Kier alpha value is -2.05. The highest BCUT2D eigenvalue weighted by Gasteiger charge is 2.39. The normalized spacial score (nSPS) is 21.9. The van der Waals surface area contributed by atoms with E-state index in [2.05, 4.69) is 11.4 Å². The maximum Gasteiger partial charge on any atom is 0.265 e. The molecule has 2 aliphatic rings. The third-order valence-electron chi connectivity index (χ3n) is 4.50. The number of para-hydroxylation sites is 2. The summed E-state index contributed by atoms with van der Waals surface area (Å²) in [6, 6.07) is 11.5. The fourth-order valence-corrected chi connectivity index (χ4v) is 4.11. The van der Waals surface area contributed by atoms with Gasteiger partial charge in [0.2, 0.25) is 6.10 Å². The second-order valence-electron chi connectivity index (χ2n) is 6.03. The van der Waals surface area contributed by atoms with Gasteiger partial charge in [-0.05, 0) is 36.4 Å². The van der Waals surface area contributed by atoms with Gasteiger partial charge < -0.3 is 19.5 Å². The molecule has 0 bridgehead atoms. The Bertz CT molecular complexity index is 710. The highest BCUT2D eigenvalue weighted by atomic mass is 32.1. The molecule has 0 aliphatic carbocycles. The van der Waals surface area contributed by atoms with Crippen molar-refractivity contribution in [3.05, 3.63) is 46.7 Å². The van der Waals surface area contributed by atoms with Crippen molar-refractivity contribution >= 4 is 17.2 Å². The van der Waals surface area contributed by atoms with Gasteiger partial charge in [-0.3, -0.25) is 4.79 Å². The van der Waals surface area contributed by atoms with Crippen molar-refractivity contribution in [1.82, 2.24) is 5.32 Å². The second kappa shape index (κ2) is 6.45. The van der Waals surface area contributed by atoms with Crippen LogP contribution in [0.4, 0.5) is 0 Å². The molecule has 6 heteroatoms. The molecule has 3 heterocycles. The topological polar surface area (TPSA) is 56.8 Å². The first-order chi connectivity index (χ1) is 11.8. The minimum Gasteiger partial charge on any atom is -0.485 e. The molecule has 1 fully saturated rings. The number of benzene rings is 1. The lowest BCUT2D eigenvalue weighted by molar-refractivity contribution is -0.133. The lowest BCUT2D eigenvalue weighted by Crippen LogP contribution is -2.54. The summed E-state index contributed by atoms with van der Waals surface area (Å²) >= 11 is 1.66. The molecule has 1 saturated heterocycles. The van der Waals surface area contributed by atoms with Crippen molar-refractivity contribution < 1.29 is 19.0 Å². The Kier molecular flexibility index (Phi) is 4.16. The number of amides is 1. The lowest BCUT2D eigenvalue weighted by atomic mass is 9.88. The van der Waals surface area contributed by atoms with Gasteiger partial charge in [0.25, 0.3) is 5.91 Å². The van der Waals surface area contributed by atoms with Gasteiger partial charge in [0.15, 0.2) is 11.5 Å². The molecule has 2 aromatic rings. The van der Waals surface area contributed by atoms with Crippen molar-refractivity contribution in [3.63, 3.8) is 0 Å². The first-order valence-electron chi connectivity index (χ1n) is 8.09. The van der Waals surface area contributed by atoms with Crippen LogP contribution in [0.2, 0.25) is 0 Å². The van der Waals surface area contributed by atoms with Crippen LogP contribution < -0.4 is 14.8 Å². The summed E-state index contributed by atoms with van der Waals surface area (Å²) in [6.07, 6.45) is 0.895. The monoisotopic (exact) mass is 345 g/mol. The van der Waals surface area contributed by atoms with Crippen LogP contribution >= 0.6 is 11.3 Å². The van der Waals surface area contributed by atoms with Gasteiger partial charge in [0.05, 0.1) is 5.54 Å². The maximum atomic E-state index is 12.8. The first-order valence-corrected chi connectivity index (χ1v) is 8.97. The van der Waals surface area contributed by atoms with Crippen molar-refractivity contribution in [3.8, 4) is 11.5 Å². The van der Waals surface area contributed by atoms with E-state index >= 15 is 0 Å². The summed E-state index contributed by atoms with van der Waals surface area (Å²) in [7, 11) is 0. The van der Waals surface area contributed by atoms with E-state index in [1.165, 1.54) is 0 Å². The largest absolute Gasteiger partial charge is 0.485 e. The van der Waals surface area contributed by atoms with E-state index in [0.717, 1.165) is 17.7 Å². The Balaban J connectivity index is 1.52. The molecule has 1 amide bonds. The quantitative estimate of drug-likeness (QED) is 0.929. The van der Waals surface area contributed by atoms with Crippen LogP contribution in [-0.4, -0.2) is 31.8 Å². The van der Waals surface area contributed by atoms with Gasteiger partial charge in [0.1, 0.15) is 6.61 Å². The molecule has 4 rings (SSSR count). The van der Waals surface area contributed by atoms with Crippen LogP contribution in [0.15, 0.2) is 41.8 Å². The summed E-state index contributed by atoms with van der Waals surface area (Å²) in [5, 5.41) is 5.26. The molecule has 2 aliphatic heterocycles. The minimum atomic E-state index is -0.639. The second-order valence-corrected chi connectivity index (χ2v) is 6.97. The summed E-state index contributed by atoms with van der Waals surface area (Å²) in [4.78, 5) is 14.0. The third-order valence-corrected chi connectivity index (χ3v) is 5.58. The Labute approximate surface area is 144 Å². The first kappa shape index (κ1) is 15.5. The van der Waals surface area contributed by atoms with Crippen LogP contribution in [0.25, 0.3) is 0 Å². The van der Waals surface area contributed by atoms with E-state index < -0.39 is 6.10 Å². The van der Waals surface area contributed by atoms with Gasteiger partial charge in [0, 0.05) is 18.1 Å². The summed E-state index contributed by atoms with van der Waals surface area (Å²) in [6.45, 7) is 1.51. The zero-order valence-corrected chi connectivity index (χ0v) is 14.0. The van der Waals surface area contributed by atoms with E-state index in [9.17, 15) is 4.79 Å². The number of fused-ring (bicyclic) bond motifs is 1. The summed E-state index contributed by atoms with van der Waals surface area (Å²) in [5.74, 6) is 1.15. The van der Waals surface area contributed by atoms with E-state index in [1.54, 1.807) is 11.3 Å². The molecule has 1 aromatic heterocycles. The molecule has 0 unspecified atom stereocenters. The fourth-order valence-electron chi connectivity index (χ4n) is 3.17. The van der Waals surface area contributed by atoms with E-state index in [-0.39, 0.29) is 18.1 Å². The SMILES string of the molecule is O=C(NC1(c2cccs2)CCOCC1)[C@@H]1COc2ccccc2O1. The van der Waals surface area contributed by atoms with Crippen LogP contribution in [-0.2, 0) is 15.1 Å². The number of hydrogen-bond donors (Lipinski definition) is 1. The molecular weight excluding hydrogens is 326 g/mol. The maximum absolute atomic E-state index is 12.8. The van der Waals surface area contributed by atoms with E-state index in [0.29, 0.717) is 24.7 Å². The number of hydrogen-bond acceptors (Lipinski definition) is 5. The zero-order valence-electron chi connectivity index (χ0n) is 13.2. The number of carbonyl (C=O) groups excluding carboxylic acids is 1. The van der Waals surface area contributed by atoms with Gasteiger partial charge in [-0.15, -0.1) is 11.3 Å². The zero-order chi connectivity index (χ0) is 16.4. The van der Waals surface area contributed by atoms with Gasteiger partial charge in [-0.25, -0.2) is 0 Å². The van der Waals surface area contributed by atoms with Crippen LogP contribution in [0.5, 0.6) is 11.5 Å². The number of rotatable bonds is 3. The standard InChI is InChI=1S/C18H19NO4S/c20-17(15-12-22-13-4-1-2-5-14(13)23-15)19-18(7-9-21-10-8-18)16-6-3-11-24-16/h1-6,11,15H,7-10,12H2,(H,19,20)/t15-/m0/s1. The van der Waals surface area contributed by atoms with Crippen LogP contribution in [0.1, 0.15) is 17.7 Å². The number of ether oxygens (including phenoxy) is 3. The third kappa shape index (κ3) is 2.87. The predicted octanol–water partition coefficient (Wildman–Crippen LogP) is 2.71. The summed E-state index contributed by atoms with van der Waals surface area (Å²) in [5.41, 5.74) is -0.371. The molecule has 0 radical (unpaired) electrons. The molecule has 1 aromatic carbocycles. The molecule has 1 atom stereocenters. The highest BCUT2D eigenvalue weighted by Crippen LogP contribution is 2.36.